The van der Waals surface area contributed by atoms with Crippen LogP contribution in [-0.2, 0) is 6.18 Å². The fraction of sp³-hybridized carbons (Fsp3) is 0.417. The van der Waals surface area contributed by atoms with Gasteiger partial charge in [-0.3, -0.25) is 0 Å². The molecule has 0 aliphatic heterocycles. The second kappa shape index (κ2) is 4.72. The molecule has 0 aliphatic carbocycles. The normalized spacial score (nSPS) is 13.2. The van der Waals surface area contributed by atoms with E-state index in [2.05, 4.69) is 9.97 Å². The fourth-order valence-corrected chi connectivity index (χ4v) is 2.34. The fourth-order valence-electron chi connectivity index (χ4n) is 1.49. The summed E-state index contributed by atoms with van der Waals surface area (Å²) in [6, 6.07) is 3.47. The van der Waals surface area contributed by atoms with Crippen LogP contribution in [0.25, 0.3) is 11.0 Å². The zero-order valence-corrected chi connectivity index (χ0v) is 11.3. The van der Waals surface area contributed by atoms with Gasteiger partial charge in [-0.05, 0) is 32.0 Å². The van der Waals surface area contributed by atoms with Crippen molar-refractivity contribution in [3.8, 4) is 0 Å². The molecule has 1 aromatic carbocycles. The Morgan fingerprint density at radius 2 is 2.00 bits per heavy atom. The number of nitrogens with zero attached hydrogens (tertiary/aromatic N) is 1. The lowest BCUT2D eigenvalue weighted by molar-refractivity contribution is -0.137. The number of imidazole rings is 1. The summed E-state index contributed by atoms with van der Waals surface area (Å²) in [6.07, 6.45) is -4.34. The highest BCUT2D eigenvalue weighted by Gasteiger charge is 2.30. The van der Waals surface area contributed by atoms with Crippen LogP contribution in [0.15, 0.2) is 23.4 Å². The molecule has 0 bridgehead atoms. The first-order valence-electron chi connectivity index (χ1n) is 5.64. The molecule has 19 heavy (non-hydrogen) atoms. The van der Waals surface area contributed by atoms with Gasteiger partial charge in [0.2, 0.25) is 0 Å². The number of hydrogen-bond acceptors (Lipinski definition) is 3. The summed E-state index contributed by atoms with van der Waals surface area (Å²) < 4.78 is 37.7. The number of thioether (sulfide) groups is 1. The van der Waals surface area contributed by atoms with Crippen molar-refractivity contribution in [3.63, 3.8) is 0 Å². The zero-order chi connectivity index (χ0) is 14.3. The third kappa shape index (κ3) is 3.63. The maximum Gasteiger partial charge on any atom is 0.416 e. The first kappa shape index (κ1) is 14.2. The molecule has 3 nitrogen and oxygen atoms in total. The van der Waals surface area contributed by atoms with E-state index in [1.165, 1.54) is 17.8 Å². The molecule has 0 spiro atoms. The van der Waals surface area contributed by atoms with Gasteiger partial charge in [0, 0.05) is 11.3 Å². The lowest BCUT2D eigenvalue weighted by atomic mass is 10.1. The highest BCUT2D eigenvalue weighted by molar-refractivity contribution is 7.99. The number of H-pyrrole nitrogens is 1. The second-order valence-electron chi connectivity index (χ2n) is 5.05. The zero-order valence-electron chi connectivity index (χ0n) is 10.5. The van der Waals surface area contributed by atoms with Crippen LogP contribution in [0.2, 0.25) is 0 Å². The summed E-state index contributed by atoms with van der Waals surface area (Å²) in [4.78, 5) is 7.10. The van der Waals surface area contributed by atoms with E-state index in [0.717, 1.165) is 12.1 Å². The van der Waals surface area contributed by atoms with Crippen LogP contribution >= 0.6 is 11.8 Å². The smallest absolute Gasteiger partial charge is 0.333 e. The number of fused-ring (bicyclic) bond motifs is 1. The number of aromatic nitrogens is 2. The summed E-state index contributed by atoms with van der Waals surface area (Å²) in [5, 5.41) is 0.577. The molecule has 1 heterocycles. The number of benzene rings is 1. The first-order chi connectivity index (χ1) is 8.65. The van der Waals surface area contributed by atoms with Crippen LogP contribution in [-0.4, -0.2) is 21.3 Å². The summed E-state index contributed by atoms with van der Waals surface area (Å²) >= 11 is 1.39. The Morgan fingerprint density at radius 3 is 2.58 bits per heavy atom. The van der Waals surface area contributed by atoms with E-state index in [9.17, 15) is 13.2 Å². The van der Waals surface area contributed by atoms with Crippen molar-refractivity contribution in [3.05, 3.63) is 23.8 Å². The number of alkyl halides is 3. The van der Waals surface area contributed by atoms with Crippen LogP contribution < -0.4 is 5.73 Å². The monoisotopic (exact) mass is 289 g/mol. The van der Waals surface area contributed by atoms with E-state index in [1.54, 1.807) is 0 Å². The van der Waals surface area contributed by atoms with Crippen LogP contribution in [0, 0.1) is 0 Å². The van der Waals surface area contributed by atoms with Gasteiger partial charge < -0.3 is 10.7 Å². The lowest BCUT2D eigenvalue weighted by Crippen LogP contribution is -2.34. The Bertz CT molecular complexity index is 584. The van der Waals surface area contributed by atoms with Crippen molar-refractivity contribution in [2.24, 2.45) is 5.73 Å². The van der Waals surface area contributed by atoms with Crippen molar-refractivity contribution in [2.75, 3.05) is 5.75 Å². The van der Waals surface area contributed by atoms with Crippen molar-refractivity contribution in [1.29, 1.82) is 0 Å². The predicted molar refractivity (Wildman–Crippen MR) is 70.1 cm³/mol. The third-order valence-electron chi connectivity index (χ3n) is 2.37. The number of nitrogens with two attached hydrogens (primary N) is 1. The van der Waals surface area contributed by atoms with Crippen LogP contribution in [0.5, 0.6) is 0 Å². The summed E-state index contributed by atoms with van der Waals surface area (Å²) in [6.45, 7) is 3.76. The molecular formula is C12H14F3N3S. The summed E-state index contributed by atoms with van der Waals surface area (Å²) in [7, 11) is 0. The van der Waals surface area contributed by atoms with Crippen LogP contribution in [0.4, 0.5) is 13.2 Å². The highest BCUT2D eigenvalue weighted by atomic mass is 32.2. The van der Waals surface area contributed by atoms with Gasteiger partial charge in [-0.1, -0.05) is 11.8 Å². The van der Waals surface area contributed by atoms with Crippen LogP contribution in [0.3, 0.4) is 0 Å². The van der Waals surface area contributed by atoms with Gasteiger partial charge in [0.1, 0.15) is 0 Å². The van der Waals surface area contributed by atoms with Crippen molar-refractivity contribution in [1.82, 2.24) is 9.97 Å². The molecule has 3 N–H and O–H groups in total. The van der Waals surface area contributed by atoms with E-state index >= 15 is 0 Å². The molecule has 1 aromatic heterocycles. The van der Waals surface area contributed by atoms with Crippen molar-refractivity contribution >= 4 is 22.8 Å². The maximum atomic E-state index is 12.6. The first-order valence-corrected chi connectivity index (χ1v) is 6.62. The minimum absolute atomic E-state index is 0.360. The molecule has 7 heteroatoms. The standard InChI is InChI=1S/C12H14F3N3S/c1-11(2,16)6-19-10-17-8-4-3-7(12(13,14)15)5-9(8)18-10/h3-5H,6,16H2,1-2H3,(H,17,18). The van der Waals surface area contributed by atoms with Gasteiger partial charge >= 0.3 is 6.18 Å². The van der Waals surface area contributed by atoms with Gasteiger partial charge in [0.15, 0.2) is 5.16 Å². The SMILES string of the molecule is CC(C)(N)CSc1nc2ccc(C(F)(F)F)cc2[nH]1. The van der Waals surface area contributed by atoms with Gasteiger partial charge in [0.05, 0.1) is 16.6 Å². The molecule has 2 aromatic rings. The minimum atomic E-state index is -4.34. The highest BCUT2D eigenvalue weighted by Crippen LogP contribution is 2.31. The molecule has 2 rings (SSSR count). The van der Waals surface area contributed by atoms with Gasteiger partial charge in [-0.2, -0.15) is 13.2 Å². The molecule has 0 amide bonds. The number of nitrogens with one attached hydrogen (secondary N) is 1. The molecule has 104 valence electrons. The van der Waals surface area contributed by atoms with E-state index in [1.807, 2.05) is 13.8 Å². The van der Waals surface area contributed by atoms with Crippen LogP contribution in [0.1, 0.15) is 19.4 Å². The lowest BCUT2D eigenvalue weighted by Gasteiger charge is -2.16. The van der Waals surface area contributed by atoms with Gasteiger partial charge in [-0.25, -0.2) is 4.98 Å². The van der Waals surface area contributed by atoms with E-state index in [0.29, 0.717) is 21.9 Å². The quantitative estimate of drug-likeness (QED) is 0.851. The van der Waals surface area contributed by atoms with Crippen molar-refractivity contribution < 1.29 is 13.2 Å². The number of rotatable bonds is 3. The Hall–Kier alpha value is -1.21. The Kier molecular flexibility index (Phi) is 3.53. The molecule has 0 fully saturated rings. The average molecular weight is 289 g/mol. The van der Waals surface area contributed by atoms with Gasteiger partial charge in [-0.15, -0.1) is 0 Å². The molecule has 0 saturated carbocycles. The van der Waals surface area contributed by atoms with E-state index < -0.39 is 11.7 Å². The largest absolute Gasteiger partial charge is 0.416 e. The summed E-state index contributed by atoms with van der Waals surface area (Å²) in [5.74, 6) is 0.624. The Labute approximate surface area is 112 Å². The number of hydrogen-bond donors (Lipinski definition) is 2. The molecular weight excluding hydrogens is 275 g/mol. The molecule has 0 atom stereocenters. The number of aromatic amines is 1. The van der Waals surface area contributed by atoms with Gasteiger partial charge in [0.25, 0.3) is 0 Å². The third-order valence-corrected chi connectivity index (χ3v) is 3.72. The molecule has 0 radical (unpaired) electrons. The topological polar surface area (TPSA) is 54.7 Å². The second-order valence-corrected chi connectivity index (χ2v) is 6.01. The Balaban J connectivity index is 2.26. The Morgan fingerprint density at radius 1 is 1.32 bits per heavy atom. The molecule has 0 aliphatic rings. The minimum Gasteiger partial charge on any atom is -0.333 e. The maximum absolute atomic E-state index is 12.6. The van der Waals surface area contributed by atoms with E-state index in [-0.39, 0.29) is 5.54 Å². The summed E-state index contributed by atoms with van der Waals surface area (Å²) in [5.41, 5.74) is 5.71. The number of halogens is 3. The van der Waals surface area contributed by atoms with Crippen molar-refractivity contribution in [2.45, 2.75) is 30.7 Å². The van der Waals surface area contributed by atoms with E-state index in [4.69, 9.17) is 5.73 Å². The average Bonchev–Trinajstić information content (AvgIpc) is 2.65. The molecule has 0 saturated heterocycles. The predicted octanol–water partition coefficient (Wildman–Crippen LogP) is 3.41. The molecule has 0 unspecified atom stereocenters.